The van der Waals surface area contributed by atoms with Gasteiger partial charge in [-0.3, -0.25) is 0 Å². The normalized spacial score (nSPS) is 11.3. The molecule has 2 aromatic rings. The molecule has 0 saturated carbocycles. The fourth-order valence-electron chi connectivity index (χ4n) is 1.33. The number of halogens is 4. The number of benzene rings is 1. The SMILES string of the molecule is Fc1cc(-c2ccncn2)ccc1OC(F)(F)F. The van der Waals surface area contributed by atoms with Gasteiger partial charge in [0.25, 0.3) is 0 Å². The van der Waals surface area contributed by atoms with Crippen LogP contribution in [0.4, 0.5) is 17.6 Å². The standard InChI is InChI=1S/C11H6F4N2O/c12-8-5-7(9-3-4-16-6-17-9)1-2-10(8)18-11(13,14)15/h1-6H. The van der Waals surface area contributed by atoms with Gasteiger partial charge in [-0.2, -0.15) is 0 Å². The molecule has 94 valence electrons. The van der Waals surface area contributed by atoms with E-state index in [4.69, 9.17) is 0 Å². The summed E-state index contributed by atoms with van der Waals surface area (Å²) in [5, 5.41) is 0. The second-order valence-electron chi connectivity index (χ2n) is 3.29. The first kappa shape index (κ1) is 12.3. The molecule has 0 fully saturated rings. The molecule has 0 radical (unpaired) electrons. The van der Waals surface area contributed by atoms with Crippen molar-refractivity contribution in [2.75, 3.05) is 0 Å². The van der Waals surface area contributed by atoms with Crippen molar-refractivity contribution in [3.05, 3.63) is 42.6 Å². The molecule has 1 aromatic heterocycles. The monoisotopic (exact) mass is 258 g/mol. The van der Waals surface area contributed by atoms with Gasteiger partial charge >= 0.3 is 6.36 Å². The van der Waals surface area contributed by atoms with Crippen molar-refractivity contribution in [1.29, 1.82) is 0 Å². The van der Waals surface area contributed by atoms with Gasteiger partial charge in [0, 0.05) is 11.8 Å². The van der Waals surface area contributed by atoms with Crippen LogP contribution in [0, 0.1) is 5.82 Å². The Morgan fingerprint density at radius 3 is 2.44 bits per heavy atom. The molecule has 0 aliphatic heterocycles. The van der Waals surface area contributed by atoms with Crippen LogP contribution >= 0.6 is 0 Å². The zero-order chi connectivity index (χ0) is 13.2. The Labute approximate surface area is 99.1 Å². The molecule has 7 heteroatoms. The Morgan fingerprint density at radius 1 is 1.11 bits per heavy atom. The van der Waals surface area contributed by atoms with Crippen LogP contribution in [0.3, 0.4) is 0 Å². The molecule has 0 spiro atoms. The van der Waals surface area contributed by atoms with Crippen LogP contribution in [0.25, 0.3) is 11.3 Å². The number of nitrogens with zero attached hydrogens (tertiary/aromatic N) is 2. The highest BCUT2D eigenvalue weighted by atomic mass is 19.4. The van der Waals surface area contributed by atoms with Crippen molar-refractivity contribution < 1.29 is 22.3 Å². The van der Waals surface area contributed by atoms with Gasteiger partial charge in [-0.15, -0.1) is 13.2 Å². The summed E-state index contributed by atoms with van der Waals surface area (Å²) in [4.78, 5) is 7.53. The Balaban J connectivity index is 2.31. The second kappa shape index (κ2) is 4.59. The summed E-state index contributed by atoms with van der Waals surface area (Å²) in [6.07, 6.45) is -2.22. The van der Waals surface area contributed by atoms with Crippen LogP contribution in [-0.2, 0) is 0 Å². The van der Waals surface area contributed by atoms with E-state index in [2.05, 4.69) is 14.7 Å². The highest BCUT2D eigenvalue weighted by Gasteiger charge is 2.32. The van der Waals surface area contributed by atoms with E-state index < -0.39 is 17.9 Å². The van der Waals surface area contributed by atoms with Crippen molar-refractivity contribution in [3.63, 3.8) is 0 Å². The molecule has 0 amide bonds. The highest BCUT2D eigenvalue weighted by molar-refractivity contribution is 5.59. The van der Waals surface area contributed by atoms with E-state index in [9.17, 15) is 17.6 Å². The minimum Gasteiger partial charge on any atom is -0.403 e. The van der Waals surface area contributed by atoms with Gasteiger partial charge in [0.1, 0.15) is 6.33 Å². The molecule has 0 aliphatic rings. The lowest BCUT2D eigenvalue weighted by molar-refractivity contribution is -0.275. The van der Waals surface area contributed by atoms with E-state index >= 15 is 0 Å². The zero-order valence-electron chi connectivity index (χ0n) is 8.78. The lowest BCUT2D eigenvalue weighted by atomic mass is 10.1. The van der Waals surface area contributed by atoms with Crippen molar-refractivity contribution in [2.45, 2.75) is 6.36 Å². The van der Waals surface area contributed by atoms with Gasteiger partial charge in [0.15, 0.2) is 11.6 Å². The van der Waals surface area contributed by atoms with Gasteiger partial charge in [0.2, 0.25) is 0 Å². The average Bonchev–Trinajstić information content (AvgIpc) is 2.31. The first-order valence-electron chi connectivity index (χ1n) is 4.77. The van der Waals surface area contributed by atoms with Crippen LogP contribution in [0.5, 0.6) is 5.75 Å². The molecular weight excluding hydrogens is 252 g/mol. The van der Waals surface area contributed by atoms with Gasteiger partial charge in [-0.05, 0) is 24.3 Å². The number of ether oxygens (including phenoxy) is 1. The first-order valence-corrected chi connectivity index (χ1v) is 4.77. The first-order chi connectivity index (χ1) is 8.46. The Bertz CT molecular complexity index is 542. The predicted octanol–water partition coefficient (Wildman–Crippen LogP) is 3.18. The lowest BCUT2D eigenvalue weighted by Gasteiger charge is -2.10. The van der Waals surface area contributed by atoms with Crippen molar-refractivity contribution >= 4 is 0 Å². The lowest BCUT2D eigenvalue weighted by Crippen LogP contribution is -2.17. The van der Waals surface area contributed by atoms with Crippen molar-refractivity contribution in [3.8, 4) is 17.0 Å². The van der Waals surface area contributed by atoms with E-state index in [-0.39, 0.29) is 0 Å². The van der Waals surface area contributed by atoms with Crippen LogP contribution in [-0.4, -0.2) is 16.3 Å². The second-order valence-corrected chi connectivity index (χ2v) is 3.29. The third-order valence-corrected chi connectivity index (χ3v) is 2.04. The van der Waals surface area contributed by atoms with E-state index in [0.717, 1.165) is 12.1 Å². The number of alkyl halides is 3. The maximum absolute atomic E-state index is 13.4. The van der Waals surface area contributed by atoms with E-state index in [1.165, 1.54) is 24.7 Å². The van der Waals surface area contributed by atoms with Crippen LogP contribution in [0.1, 0.15) is 0 Å². The van der Waals surface area contributed by atoms with Crippen LogP contribution in [0.15, 0.2) is 36.8 Å². The fraction of sp³-hybridized carbons (Fsp3) is 0.0909. The maximum atomic E-state index is 13.4. The Kier molecular flexibility index (Phi) is 3.14. The molecule has 18 heavy (non-hydrogen) atoms. The van der Waals surface area contributed by atoms with E-state index in [0.29, 0.717) is 11.3 Å². The smallest absolute Gasteiger partial charge is 0.403 e. The van der Waals surface area contributed by atoms with E-state index in [1.807, 2.05) is 0 Å². The molecule has 0 bridgehead atoms. The van der Waals surface area contributed by atoms with Crippen LogP contribution in [0.2, 0.25) is 0 Å². The summed E-state index contributed by atoms with van der Waals surface area (Å²) in [6, 6.07) is 4.62. The van der Waals surface area contributed by atoms with E-state index in [1.54, 1.807) is 0 Å². The fourth-order valence-corrected chi connectivity index (χ4v) is 1.33. The summed E-state index contributed by atoms with van der Waals surface area (Å²) in [5.74, 6) is -1.98. The number of hydrogen-bond donors (Lipinski definition) is 0. The largest absolute Gasteiger partial charge is 0.573 e. The molecular formula is C11H6F4N2O. The minimum absolute atomic E-state index is 0.337. The van der Waals surface area contributed by atoms with Crippen LogP contribution < -0.4 is 4.74 Å². The quantitative estimate of drug-likeness (QED) is 0.776. The highest BCUT2D eigenvalue weighted by Crippen LogP contribution is 2.28. The molecule has 0 saturated heterocycles. The third-order valence-electron chi connectivity index (χ3n) is 2.04. The van der Waals surface area contributed by atoms with Gasteiger partial charge in [0.05, 0.1) is 5.69 Å². The summed E-state index contributed by atoms with van der Waals surface area (Å²) in [7, 11) is 0. The number of rotatable bonds is 2. The Hall–Kier alpha value is -2.18. The van der Waals surface area contributed by atoms with Gasteiger partial charge in [-0.1, -0.05) is 0 Å². The molecule has 0 unspecified atom stereocenters. The summed E-state index contributed by atoms with van der Waals surface area (Å²) >= 11 is 0. The number of aromatic nitrogens is 2. The molecule has 2 rings (SSSR count). The predicted molar refractivity (Wildman–Crippen MR) is 54.1 cm³/mol. The Morgan fingerprint density at radius 2 is 1.89 bits per heavy atom. The average molecular weight is 258 g/mol. The van der Waals surface area contributed by atoms with Crippen molar-refractivity contribution in [2.24, 2.45) is 0 Å². The topological polar surface area (TPSA) is 35.0 Å². The van der Waals surface area contributed by atoms with Gasteiger partial charge < -0.3 is 4.74 Å². The molecule has 1 aromatic carbocycles. The summed E-state index contributed by atoms with van der Waals surface area (Å²) in [6.45, 7) is 0. The summed E-state index contributed by atoms with van der Waals surface area (Å²) < 4.78 is 52.7. The third kappa shape index (κ3) is 2.93. The van der Waals surface area contributed by atoms with Crippen molar-refractivity contribution in [1.82, 2.24) is 9.97 Å². The minimum atomic E-state index is -4.92. The molecule has 0 aliphatic carbocycles. The maximum Gasteiger partial charge on any atom is 0.573 e. The summed E-state index contributed by atoms with van der Waals surface area (Å²) in [5.41, 5.74) is 0.742. The zero-order valence-corrected chi connectivity index (χ0v) is 8.78. The number of hydrogen-bond acceptors (Lipinski definition) is 3. The molecule has 0 N–H and O–H groups in total. The molecule has 1 heterocycles. The van der Waals surface area contributed by atoms with Gasteiger partial charge in [-0.25, -0.2) is 14.4 Å². The molecule has 3 nitrogen and oxygen atoms in total. The molecule has 0 atom stereocenters.